The van der Waals surface area contributed by atoms with Gasteiger partial charge in [-0.2, -0.15) is 0 Å². The van der Waals surface area contributed by atoms with Crippen molar-refractivity contribution >= 4 is 5.97 Å². The van der Waals surface area contributed by atoms with E-state index in [-0.39, 0.29) is 12.0 Å². The van der Waals surface area contributed by atoms with Gasteiger partial charge >= 0.3 is 5.97 Å². The lowest BCUT2D eigenvalue weighted by Gasteiger charge is -2.23. The Kier molecular flexibility index (Phi) is 2.86. The highest BCUT2D eigenvalue weighted by Gasteiger charge is 2.36. The van der Waals surface area contributed by atoms with Crippen molar-refractivity contribution in [1.82, 2.24) is 0 Å². The lowest BCUT2D eigenvalue weighted by molar-refractivity contribution is -0.144. The number of carbonyl (C=O) groups is 1. The average Bonchev–Trinajstić information content (AvgIpc) is 2.17. The van der Waals surface area contributed by atoms with Crippen molar-refractivity contribution in [3.05, 3.63) is 35.6 Å². The van der Waals surface area contributed by atoms with Crippen molar-refractivity contribution in [2.75, 3.05) is 0 Å². The Morgan fingerprint density at radius 1 is 1.57 bits per heavy atom. The highest BCUT2D eigenvalue weighted by molar-refractivity contribution is 5.80. The summed E-state index contributed by atoms with van der Waals surface area (Å²) in [6.07, 6.45) is 0.142. The topological polar surface area (TPSA) is 63.3 Å². The van der Waals surface area contributed by atoms with Crippen molar-refractivity contribution in [3.63, 3.8) is 0 Å². The molecule has 14 heavy (non-hydrogen) atoms. The number of carboxylic acid groups (broad SMARTS) is 1. The molecule has 0 spiro atoms. The van der Waals surface area contributed by atoms with Gasteiger partial charge in [0.25, 0.3) is 0 Å². The van der Waals surface area contributed by atoms with Crippen molar-refractivity contribution in [1.29, 1.82) is 0 Å². The molecule has 0 unspecified atom stereocenters. The van der Waals surface area contributed by atoms with Gasteiger partial charge in [0.15, 0.2) is 0 Å². The molecule has 4 heteroatoms. The molecule has 3 N–H and O–H groups in total. The summed E-state index contributed by atoms with van der Waals surface area (Å²) in [5.74, 6) is -1.80. The van der Waals surface area contributed by atoms with Gasteiger partial charge in [0, 0.05) is 5.56 Å². The van der Waals surface area contributed by atoms with Crippen LogP contribution in [0.25, 0.3) is 0 Å². The third-order valence-corrected chi connectivity index (χ3v) is 2.29. The molecule has 0 radical (unpaired) electrons. The Morgan fingerprint density at radius 3 is 2.57 bits per heavy atom. The van der Waals surface area contributed by atoms with Gasteiger partial charge in [0.2, 0.25) is 0 Å². The monoisotopic (exact) mass is 197 g/mol. The van der Waals surface area contributed by atoms with E-state index in [0.29, 0.717) is 0 Å². The van der Waals surface area contributed by atoms with Crippen LogP contribution < -0.4 is 5.73 Å². The summed E-state index contributed by atoms with van der Waals surface area (Å²) in [5.41, 5.74) is 4.01. The third kappa shape index (κ3) is 1.61. The quantitative estimate of drug-likeness (QED) is 0.771. The second kappa shape index (κ2) is 3.75. The van der Waals surface area contributed by atoms with Crippen LogP contribution in [0.15, 0.2) is 24.3 Å². The fourth-order valence-electron chi connectivity index (χ4n) is 1.28. The van der Waals surface area contributed by atoms with E-state index in [0.717, 1.165) is 0 Å². The van der Waals surface area contributed by atoms with Crippen molar-refractivity contribution < 1.29 is 14.3 Å². The molecule has 0 aliphatic rings. The molecule has 0 aliphatic carbocycles. The van der Waals surface area contributed by atoms with Crippen LogP contribution in [0.3, 0.4) is 0 Å². The van der Waals surface area contributed by atoms with Gasteiger partial charge in [-0.25, -0.2) is 9.18 Å². The van der Waals surface area contributed by atoms with E-state index < -0.39 is 17.3 Å². The van der Waals surface area contributed by atoms with Crippen molar-refractivity contribution in [3.8, 4) is 0 Å². The van der Waals surface area contributed by atoms with Gasteiger partial charge in [-0.1, -0.05) is 25.1 Å². The molecule has 0 heterocycles. The Hall–Kier alpha value is -1.42. The lowest BCUT2D eigenvalue weighted by Crippen LogP contribution is -2.44. The average molecular weight is 197 g/mol. The first-order valence-electron chi connectivity index (χ1n) is 4.29. The minimum atomic E-state index is -1.63. The maximum absolute atomic E-state index is 13.3. The number of aliphatic carboxylic acids is 1. The van der Waals surface area contributed by atoms with Crippen molar-refractivity contribution in [2.24, 2.45) is 5.73 Å². The van der Waals surface area contributed by atoms with Gasteiger partial charge in [0.05, 0.1) is 0 Å². The molecule has 0 fully saturated rings. The van der Waals surface area contributed by atoms with Crippen LogP contribution in [0.2, 0.25) is 0 Å². The second-order valence-corrected chi connectivity index (χ2v) is 3.11. The first kappa shape index (κ1) is 10.7. The zero-order valence-corrected chi connectivity index (χ0v) is 7.83. The van der Waals surface area contributed by atoms with Gasteiger partial charge in [-0.05, 0) is 12.5 Å². The summed E-state index contributed by atoms with van der Waals surface area (Å²) < 4.78 is 13.3. The summed E-state index contributed by atoms with van der Waals surface area (Å²) in [7, 11) is 0. The standard InChI is InChI=1S/C10H12FNO2/c1-2-10(12,9(13)14)7-5-3-4-6-8(7)11/h3-6H,2,12H2,1H3,(H,13,14)/t10-/m0/s1. The van der Waals surface area contributed by atoms with Crippen LogP contribution in [0, 0.1) is 5.82 Å². The summed E-state index contributed by atoms with van der Waals surface area (Å²) in [4.78, 5) is 10.9. The Balaban J connectivity index is 3.26. The zero-order chi connectivity index (χ0) is 10.8. The highest BCUT2D eigenvalue weighted by atomic mass is 19.1. The predicted molar refractivity (Wildman–Crippen MR) is 50.2 cm³/mol. The minimum absolute atomic E-state index is 0.0231. The molecule has 0 aromatic heterocycles. The largest absolute Gasteiger partial charge is 0.480 e. The van der Waals surface area contributed by atoms with Crippen LogP contribution in [-0.2, 0) is 10.3 Å². The maximum Gasteiger partial charge on any atom is 0.328 e. The summed E-state index contributed by atoms with van der Waals surface area (Å²) in [5, 5.41) is 8.92. The fraction of sp³-hybridized carbons (Fsp3) is 0.300. The molecule has 1 aromatic rings. The van der Waals surface area contributed by atoms with Crippen LogP contribution in [0.5, 0.6) is 0 Å². The summed E-state index contributed by atoms with van der Waals surface area (Å²) in [6, 6.07) is 5.66. The van der Waals surface area contributed by atoms with Gasteiger partial charge < -0.3 is 10.8 Å². The molecule has 3 nitrogen and oxygen atoms in total. The fourth-order valence-corrected chi connectivity index (χ4v) is 1.28. The van der Waals surface area contributed by atoms with Gasteiger partial charge in [-0.15, -0.1) is 0 Å². The first-order valence-corrected chi connectivity index (χ1v) is 4.29. The first-order chi connectivity index (χ1) is 6.52. The molecule has 1 rings (SSSR count). The van der Waals surface area contributed by atoms with E-state index in [9.17, 15) is 9.18 Å². The third-order valence-electron chi connectivity index (χ3n) is 2.29. The lowest BCUT2D eigenvalue weighted by atomic mass is 9.88. The molecule has 1 atom stereocenters. The molecule has 76 valence electrons. The normalized spacial score (nSPS) is 14.8. The predicted octanol–water partition coefficient (Wildman–Crippen LogP) is 1.47. The van der Waals surface area contributed by atoms with E-state index in [1.54, 1.807) is 13.0 Å². The minimum Gasteiger partial charge on any atom is -0.480 e. The molecule has 0 amide bonds. The summed E-state index contributed by atoms with van der Waals surface area (Å²) >= 11 is 0. The van der Waals surface area contributed by atoms with Crippen LogP contribution >= 0.6 is 0 Å². The van der Waals surface area contributed by atoms with E-state index in [1.165, 1.54) is 18.2 Å². The maximum atomic E-state index is 13.3. The number of hydrogen-bond donors (Lipinski definition) is 2. The molecule has 0 saturated carbocycles. The summed E-state index contributed by atoms with van der Waals surface area (Å²) in [6.45, 7) is 1.61. The van der Waals surface area contributed by atoms with E-state index in [4.69, 9.17) is 10.8 Å². The van der Waals surface area contributed by atoms with Crippen molar-refractivity contribution in [2.45, 2.75) is 18.9 Å². The number of rotatable bonds is 3. The number of benzene rings is 1. The van der Waals surface area contributed by atoms with Crippen LogP contribution in [0.1, 0.15) is 18.9 Å². The molecule has 0 saturated heterocycles. The highest BCUT2D eigenvalue weighted by Crippen LogP contribution is 2.24. The number of hydrogen-bond acceptors (Lipinski definition) is 2. The molecule has 0 bridgehead atoms. The van der Waals surface area contributed by atoms with E-state index >= 15 is 0 Å². The Morgan fingerprint density at radius 2 is 2.14 bits per heavy atom. The van der Waals surface area contributed by atoms with Gasteiger partial charge in [0.1, 0.15) is 11.4 Å². The number of halogens is 1. The Bertz CT molecular complexity index is 354. The molecule has 1 aromatic carbocycles. The van der Waals surface area contributed by atoms with Gasteiger partial charge in [-0.3, -0.25) is 0 Å². The van der Waals surface area contributed by atoms with E-state index in [2.05, 4.69) is 0 Å². The number of carboxylic acids is 1. The van der Waals surface area contributed by atoms with Crippen LogP contribution in [-0.4, -0.2) is 11.1 Å². The number of nitrogens with two attached hydrogens (primary N) is 1. The second-order valence-electron chi connectivity index (χ2n) is 3.11. The smallest absolute Gasteiger partial charge is 0.328 e. The molecular weight excluding hydrogens is 185 g/mol. The molecular formula is C10H12FNO2. The Labute approximate surface area is 81.4 Å². The van der Waals surface area contributed by atoms with Crippen LogP contribution in [0.4, 0.5) is 4.39 Å². The van der Waals surface area contributed by atoms with E-state index in [1.807, 2.05) is 0 Å². The molecule has 0 aliphatic heterocycles. The SMILES string of the molecule is CC[C@@](N)(C(=O)O)c1ccccc1F. The zero-order valence-electron chi connectivity index (χ0n) is 7.83.